The Kier molecular flexibility index (Phi) is 18.4. The molecule has 1 aromatic rings. The van der Waals surface area contributed by atoms with Crippen LogP contribution in [0.5, 0.6) is 0 Å². The van der Waals surface area contributed by atoms with Crippen molar-refractivity contribution >= 4 is 17.3 Å². The van der Waals surface area contributed by atoms with E-state index in [0.717, 1.165) is 32.1 Å². The van der Waals surface area contributed by atoms with Crippen molar-refractivity contribution < 1.29 is 14.4 Å². The maximum Gasteiger partial charge on any atom is 0.132 e. The van der Waals surface area contributed by atoms with Gasteiger partial charge in [0.2, 0.25) is 0 Å². The molecule has 0 heterocycles. The Bertz CT molecular complexity index is 481. The Labute approximate surface area is 160 Å². The number of hydrogen-bond donors (Lipinski definition) is 0. The summed E-state index contributed by atoms with van der Waals surface area (Å²) in [5.41, 5.74) is 1.32. The molecule has 0 spiro atoms. The van der Waals surface area contributed by atoms with Crippen LogP contribution in [0.2, 0.25) is 0 Å². The first-order chi connectivity index (χ1) is 12.2. The molecule has 1 aliphatic rings. The molecule has 1 fully saturated rings. The van der Waals surface area contributed by atoms with Crippen molar-refractivity contribution in [2.75, 3.05) is 0 Å². The summed E-state index contributed by atoms with van der Waals surface area (Å²) in [6.45, 7) is 11.2. The van der Waals surface area contributed by atoms with Crippen LogP contribution in [0.15, 0.2) is 30.3 Å². The van der Waals surface area contributed by atoms with Crippen LogP contribution in [0.1, 0.15) is 85.1 Å². The van der Waals surface area contributed by atoms with Crippen molar-refractivity contribution in [1.29, 1.82) is 0 Å². The van der Waals surface area contributed by atoms with E-state index in [1.165, 1.54) is 12.0 Å². The van der Waals surface area contributed by atoms with Gasteiger partial charge < -0.3 is 9.59 Å². The Balaban J connectivity index is 0. The van der Waals surface area contributed by atoms with Crippen LogP contribution in [-0.2, 0) is 14.4 Å². The third-order valence-corrected chi connectivity index (χ3v) is 3.55. The smallest absolute Gasteiger partial charge is 0.132 e. The van der Waals surface area contributed by atoms with Crippen molar-refractivity contribution in [3.8, 4) is 0 Å². The van der Waals surface area contributed by atoms with Gasteiger partial charge in [0, 0.05) is 25.7 Å². The van der Waals surface area contributed by atoms with Gasteiger partial charge in [-0.05, 0) is 39.5 Å². The highest BCUT2D eigenvalue weighted by atomic mass is 16.1. The van der Waals surface area contributed by atoms with Gasteiger partial charge in [0.05, 0.1) is 0 Å². The van der Waals surface area contributed by atoms with E-state index in [1.807, 2.05) is 39.0 Å². The monoisotopic (exact) mass is 362 g/mol. The largest absolute Gasteiger partial charge is 0.300 e. The minimum Gasteiger partial charge on any atom is -0.300 e. The molecule has 26 heavy (non-hydrogen) atoms. The molecule has 0 amide bonds. The summed E-state index contributed by atoms with van der Waals surface area (Å²) < 4.78 is 0. The number of carbonyl (C=O) groups is 3. The molecule has 0 aliphatic heterocycles. The lowest BCUT2D eigenvalue weighted by Gasteiger charge is -2.05. The van der Waals surface area contributed by atoms with Gasteiger partial charge in [0.15, 0.2) is 0 Å². The summed E-state index contributed by atoms with van der Waals surface area (Å²) in [6.07, 6.45) is 6.63. The van der Waals surface area contributed by atoms with Gasteiger partial charge in [0.1, 0.15) is 17.3 Å². The van der Waals surface area contributed by atoms with Crippen LogP contribution in [0.4, 0.5) is 0 Å². The lowest BCUT2D eigenvalue weighted by Crippen LogP contribution is -2.02. The minimum atomic E-state index is 0.255. The Morgan fingerprint density at radius 1 is 0.923 bits per heavy atom. The van der Waals surface area contributed by atoms with Crippen LogP contribution < -0.4 is 0 Å². The van der Waals surface area contributed by atoms with E-state index in [-0.39, 0.29) is 11.6 Å². The maximum atomic E-state index is 10.5. The molecule has 1 aliphatic carbocycles. The quantitative estimate of drug-likeness (QED) is 0.650. The zero-order valence-electron chi connectivity index (χ0n) is 17.6. The molecular weight excluding hydrogens is 324 g/mol. The van der Waals surface area contributed by atoms with Gasteiger partial charge >= 0.3 is 0 Å². The zero-order valence-corrected chi connectivity index (χ0v) is 17.6. The average Bonchev–Trinajstić information content (AvgIpc) is 2.56. The first kappa shape index (κ1) is 26.5. The summed E-state index contributed by atoms with van der Waals surface area (Å²) in [6, 6.07) is 10.3. The van der Waals surface area contributed by atoms with Gasteiger partial charge in [-0.3, -0.25) is 4.79 Å². The van der Waals surface area contributed by atoms with Crippen LogP contribution >= 0.6 is 0 Å². The standard InChI is InChI=1S/C7H8.C6H10O.C6H12O.C4H8O/c1-7-5-3-2-4-6-7;7-6-4-2-1-3-5-6;1-5(2)4-6(3)7;1-3-4(2)5/h2-6H,1H3;1-5H2;5H,4H2,1-3H3;3H2,1-2H3. The van der Waals surface area contributed by atoms with E-state index >= 15 is 0 Å². The molecule has 1 aromatic carbocycles. The molecule has 3 nitrogen and oxygen atoms in total. The van der Waals surface area contributed by atoms with E-state index in [9.17, 15) is 14.4 Å². The predicted molar refractivity (Wildman–Crippen MR) is 110 cm³/mol. The normalized spacial score (nSPS) is 12.5. The second-order valence-electron chi connectivity index (χ2n) is 7.11. The third-order valence-electron chi connectivity index (χ3n) is 3.55. The molecule has 0 atom stereocenters. The summed E-state index contributed by atoms with van der Waals surface area (Å²) in [5, 5.41) is 0. The maximum absolute atomic E-state index is 10.5. The lowest BCUT2D eigenvalue weighted by molar-refractivity contribution is -0.120. The van der Waals surface area contributed by atoms with Crippen LogP contribution in [0.3, 0.4) is 0 Å². The van der Waals surface area contributed by atoms with E-state index in [2.05, 4.69) is 19.1 Å². The highest BCUT2D eigenvalue weighted by molar-refractivity contribution is 5.78. The summed E-state index contributed by atoms with van der Waals surface area (Å²) in [5.74, 6) is 1.53. The number of hydrogen-bond acceptors (Lipinski definition) is 3. The fourth-order valence-electron chi connectivity index (χ4n) is 2.06. The Morgan fingerprint density at radius 3 is 1.54 bits per heavy atom. The molecule has 0 unspecified atom stereocenters. The number of rotatable bonds is 3. The van der Waals surface area contributed by atoms with E-state index < -0.39 is 0 Å². The molecule has 0 bridgehead atoms. The molecule has 0 N–H and O–H groups in total. The molecule has 2 rings (SSSR count). The fourth-order valence-corrected chi connectivity index (χ4v) is 2.06. The predicted octanol–water partition coefficient (Wildman–Crippen LogP) is 6.12. The van der Waals surface area contributed by atoms with Crippen LogP contribution in [0, 0.1) is 12.8 Å². The van der Waals surface area contributed by atoms with Crippen molar-refractivity contribution in [3.05, 3.63) is 35.9 Å². The van der Waals surface area contributed by atoms with Gasteiger partial charge in [-0.1, -0.05) is 63.1 Å². The number of benzene rings is 1. The minimum absolute atomic E-state index is 0.255. The molecule has 1 saturated carbocycles. The van der Waals surface area contributed by atoms with Crippen molar-refractivity contribution in [2.45, 2.75) is 86.5 Å². The van der Waals surface area contributed by atoms with Crippen molar-refractivity contribution in [3.63, 3.8) is 0 Å². The SMILES string of the molecule is CC(=O)CC(C)C.CCC(C)=O.Cc1ccccc1.O=C1CCCCC1. The van der Waals surface area contributed by atoms with Gasteiger partial charge in [-0.15, -0.1) is 0 Å². The first-order valence-corrected chi connectivity index (χ1v) is 9.71. The Morgan fingerprint density at radius 2 is 1.38 bits per heavy atom. The first-order valence-electron chi connectivity index (χ1n) is 9.71. The second-order valence-corrected chi connectivity index (χ2v) is 7.11. The summed E-state index contributed by atoms with van der Waals surface area (Å²) >= 11 is 0. The van der Waals surface area contributed by atoms with Crippen LogP contribution in [0.25, 0.3) is 0 Å². The Hall–Kier alpha value is -1.77. The molecular formula is C23H38O3. The number of carbonyl (C=O) groups excluding carboxylic acids is 3. The van der Waals surface area contributed by atoms with Crippen LogP contribution in [-0.4, -0.2) is 17.3 Å². The summed E-state index contributed by atoms with van der Waals surface area (Å²) in [4.78, 5) is 30.5. The van der Waals surface area contributed by atoms with Crippen molar-refractivity contribution in [2.24, 2.45) is 5.92 Å². The topological polar surface area (TPSA) is 51.2 Å². The molecule has 148 valence electrons. The zero-order chi connectivity index (χ0) is 20.4. The molecule has 0 saturated heterocycles. The highest BCUT2D eigenvalue weighted by Crippen LogP contribution is 2.12. The van der Waals surface area contributed by atoms with Gasteiger partial charge in [0.25, 0.3) is 0 Å². The molecule has 0 aromatic heterocycles. The number of aryl methyl sites for hydroxylation is 1. The fraction of sp³-hybridized carbons (Fsp3) is 0.609. The van der Waals surface area contributed by atoms with E-state index in [4.69, 9.17) is 0 Å². The third kappa shape index (κ3) is 24.5. The number of ketones is 3. The van der Waals surface area contributed by atoms with Crippen molar-refractivity contribution in [1.82, 2.24) is 0 Å². The summed E-state index contributed by atoms with van der Waals surface area (Å²) in [7, 11) is 0. The van der Waals surface area contributed by atoms with Gasteiger partial charge in [-0.2, -0.15) is 0 Å². The molecule has 0 radical (unpaired) electrons. The average molecular weight is 363 g/mol. The lowest BCUT2D eigenvalue weighted by atomic mass is 10.00. The van der Waals surface area contributed by atoms with E-state index in [1.54, 1.807) is 13.8 Å². The van der Waals surface area contributed by atoms with Gasteiger partial charge in [-0.25, -0.2) is 0 Å². The highest BCUT2D eigenvalue weighted by Gasteiger charge is 2.05. The number of Topliss-reactive ketones (excluding diaryl/α,β-unsaturated/α-hetero) is 3. The van der Waals surface area contributed by atoms with E-state index in [0.29, 0.717) is 18.1 Å². The molecule has 3 heteroatoms. The second kappa shape index (κ2) is 18.0.